The van der Waals surface area contributed by atoms with Crippen molar-refractivity contribution in [3.05, 3.63) is 66.7 Å². The smallest absolute Gasteiger partial charge is 0.243 e. The van der Waals surface area contributed by atoms with E-state index < -0.39 is 10.0 Å². The van der Waals surface area contributed by atoms with Crippen LogP contribution in [-0.2, 0) is 20.2 Å². The minimum Gasteiger partial charge on any atom is -0.324 e. The van der Waals surface area contributed by atoms with Crippen LogP contribution >= 0.6 is 0 Å². The summed E-state index contributed by atoms with van der Waals surface area (Å²) in [5.74, 6) is -0.377. The predicted octanol–water partition coefficient (Wildman–Crippen LogP) is 3.60. The first kappa shape index (κ1) is 23.1. The number of anilines is 1. The molecule has 1 amide bonds. The molecule has 0 spiro atoms. The lowest BCUT2D eigenvalue weighted by atomic mass is 9.87. The van der Waals surface area contributed by atoms with Gasteiger partial charge in [-0.05, 0) is 48.1 Å². The molecule has 2 aromatic carbocycles. The summed E-state index contributed by atoms with van der Waals surface area (Å²) in [6, 6.07) is 14.5. The molecule has 2 heterocycles. The third-order valence-electron chi connectivity index (χ3n) is 6.01. The fourth-order valence-electron chi connectivity index (χ4n) is 3.98. The van der Waals surface area contributed by atoms with Gasteiger partial charge >= 0.3 is 0 Å². The van der Waals surface area contributed by atoms with Crippen molar-refractivity contribution >= 4 is 21.6 Å². The number of piperidine rings is 1. The van der Waals surface area contributed by atoms with Crippen molar-refractivity contribution in [2.45, 2.75) is 43.9 Å². The Morgan fingerprint density at radius 2 is 1.70 bits per heavy atom. The van der Waals surface area contributed by atoms with Crippen LogP contribution in [0.1, 0.15) is 39.2 Å². The minimum absolute atomic E-state index is 0.0411. The van der Waals surface area contributed by atoms with Gasteiger partial charge in [0.25, 0.3) is 0 Å². The highest BCUT2D eigenvalue weighted by molar-refractivity contribution is 7.89. The summed E-state index contributed by atoms with van der Waals surface area (Å²) in [5, 5.41) is 7.11. The van der Waals surface area contributed by atoms with Gasteiger partial charge in [0.05, 0.1) is 16.3 Å². The number of nitrogens with zero attached hydrogens (tertiary/aromatic N) is 4. The van der Waals surface area contributed by atoms with Crippen LogP contribution < -0.4 is 5.32 Å². The molecule has 1 aliphatic rings. The Balaban J connectivity index is 1.40. The first-order valence-electron chi connectivity index (χ1n) is 11.0. The molecule has 1 N–H and O–H groups in total. The summed E-state index contributed by atoms with van der Waals surface area (Å²) in [6.07, 6.45) is 3.95. The monoisotopic (exact) mass is 467 g/mol. The van der Waals surface area contributed by atoms with E-state index in [4.69, 9.17) is 0 Å². The number of nitrogens with one attached hydrogen (secondary N) is 1. The van der Waals surface area contributed by atoms with Crippen molar-refractivity contribution in [1.82, 2.24) is 19.1 Å². The Hall–Kier alpha value is -3.04. The lowest BCUT2D eigenvalue weighted by Crippen LogP contribution is -2.41. The van der Waals surface area contributed by atoms with Crippen LogP contribution in [0.5, 0.6) is 0 Å². The number of hydrogen-bond donors (Lipinski definition) is 1. The maximum Gasteiger partial charge on any atom is 0.243 e. The fourth-order valence-corrected chi connectivity index (χ4v) is 5.45. The molecular formula is C24H29N5O3S. The molecule has 0 saturated carbocycles. The maximum atomic E-state index is 13.1. The van der Waals surface area contributed by atoms with Crippen LogP contribution in [0.15, 0.2) is 66.1 Å². The summed E-state index contributed by atoms with van der Waals surface area (Å²) in [4.78, 5) is 17.2. The number of carbonyl (C=O) groups excluding carboxylic acids is 1. The summed E-state index contributed by atoms with van der Waals surface area (Å²) in [7, 11) is -3.59. The molecule has 33 heavy (non-hydrogen) atoms. The van der Waals surface area contributed by atoms with E-state index in [2.05, 4.69) is 36.2 Å². The SMILES string of the molecule is CC(C)(C)c1ccc(S(=O)(=O)N2CCC(C(=O)Nc3ccccc3-n3cncn3)CC2)cc1. The highest BCUT2D eigenvalue weighted by Crippen LogP contribution is 2.28. The number of sulfonamides is 1. The second-order valence-electron chi connectivity index (χ2n) is 9.30. The lowest BCUT2D eigenvalue weighted by molar-refractivity contribution is -0.120. The summed E-state index contributed by atoms with van der Waals surface area (Å²) in [6.45, 7) is 6.91. The van der Waals surface area contributed by atoms with Gasteiger partial charge in [-0.15, -0.1) is 0 Å². The Morgan fingerprint density at radius 3 is 2.30 bits per heavy atom. The van der Waals surface area contributed by atoms with E-state index in [0.29, 0.717) is 36.5 Å². The van der Waals surface area contributed by atoms with E-state index in [0.717, 1.165) is 11.3 Å². The number of aromatic nitrogens is 3. The number of para-hydroxylation sites is 2. The molecule has 1 aromatic heterocycles. The summed E-state index contributed by atoms with van der Waals surface area (Å²) >= 11 is 0. The standard InChI is InChI=1S/C24H29N5O3S/c1-24(2,3)19-8-10-20(11-9-19)33(31,32)28-14-12-18(13-15-28)23(30)27-21-6-4-5-7-22(21)29-17-25-16-26-29/h4-11,16-18H,12-15H2,1-3H3,(H,27,30). The molecule has 1 saturated heterocycles. The molecular weight excluding hydrogens is 438 g/mol. The van der Waals surface area contributed by atoms with Gasteiger partial charge in [0.1, 0.15) is 12.7 Å². The highest BCUT2D eigenvalue weighted by atomic mass is 32.2. The van der Waals surface area contributed by atoms with Gasteiger partial charge in [0.15, 0.2) is 0 Å². The van der Waals surface area contributed by atoms with Crippen LogP contribution in [-0.4, -0.2) is 46.5 Å². The zero-order valence-electron chi connectivity index (χ0n) is 19.1. The Labute approximate surface area is 194 Å². The first-order valence-corrected chi connectivity index (χ1v) is 12.5. The van der Waals surface area contributed by atoms with Crippen molar-refractivity contribution in [3.63, 3.8) is 0 Å². The van der Waals surface area contributed by atoms with Gasteiger partial charge < -0.3 is 5.32 Å². The van der Waals surface area contributed by atoms with Crippen molar-refractivity contribution in [3.8, 4) is 5.69 Å². The fraction of sp³-hybridized carbons (Fsp3) is 0.375. The Bertz CT molecular complexity index is 1210. The van der Waals surface area contributed by atoms with E-state index in [-0.39, 0.29) is 17.2 Å². The van der Waals surface area contributed by atoms with Gasteiger partial charge in [-0.3, -0.25) is 4.79 Å². The normalized spacial score (nSPS) is 16.0. The topological polar surface area (TPSA) is 97.2 Å². The molecule has 0 radical (unpaired) electrons. The van der Waals surface area contributed by atoms with E-state index >= 15 is 0 Å². The molecule has 0 atom stereocenters. The van der Waals surface area contributed by atoms with Gasteiger partial charge in [-0.2, -0.15) is 9.40 Å². The molecule has 0 unspecified atom stereocenters. The average molecular weight is 468 g/mol. The third-order valence-corrected chi connectivity index (χ3v) is 7.92. The van der Waals surface area contributed by atoms with Crippen LogP contribution in [0.3, 0.4) is 0 Å². The molecule has 0 bridgehead atoms. The van der Waals surface area contributed by atoms with E-state index in [1.165, 1.54) is 10.6 Å². The largest absolute Gasteiger partial charge is 0.324 e. The number of amides is 1. The van der Waals surface area contributed by atoms with E-state index in [9.17, 15) is 13.2 Å². The highest BCUT2D eigenvalue weighted by Gasteiger charge is 2.32. The zero-order chi connectivity index (χ0) is 23.6. The summed E-state index contributed by atoms with van der Waals surface area (Å²) in [5.41, 5.74) is 2.41. The second kappa shape index (κ2) is 9.07. The summed E-state index contributed by atoms with van der Waals surface area (Å²) < 4.78 is 29.3. The van der Waals surface area contributed by atoms with Crippen molar-refractivity contribution in [1.29, 1.82) is 0 Å². The molecule has 3 aromatic rings. The van der Waals surface area contributed by atoms with Crippen LogP contribution in [0, 0.1) is 5.92 Å². The first-order chi connectivity index (χ1) is 15.7. The molecule has 8 nitrogen and oxygen atoms in total. The van der Waals surface area contributed by atoms with Crippen LogP contribution in [0.2, 0.25) is 0 Å². The number of carbonyl (C=O) groups is 1. The molecule has 9 heteroatoms. The van der Waals surface area contributed by atoms with Gasteiger partial charge in [-0.25, -0.2) is 18.1 Å². The third kappa shape index (κ3) is 4.99. The van der Waals surface area contributed by atoms with E-state index in [1.807, 2.05) is 36.4 Å². The number of benzene rings is 2. The van der Waals surface area contributed by atoms with Crippen molar-refractivity contribution in [2.24, 2.45) is 5.92 Å². The van der Waals surface area contributed by atoms with E-state index in [1.54, 1.807) is 23.1 Å². The second-order valence-corrected chi connectivity index (χ2v) is 11.2. The lowest BCUT2D eigenvalue weighted by Gasteiger charge is -2.31. The zero-order valence-corrected chi connectivity index (χ0v) is 19.9. The Kier molecular flexibility index (Phi) is 6.36. The van der Waals surface area contributed by atoms with Gasteiger partial charge in [-0.1, -0.05) is 45.0 Å². The maximum absolute atomic E-state index is 13.1. The molecule has 0 aliphatic carbocycles. The predicted molar refractivity (Wildman–Crippen MR) is 127 cm³/mol. The number of hydrogen-bond acceptors (Lipinski definition) is 5. The van der Waals surface area contributed by atoms with Gasteiger partial charge in [0.2, 0.25) is 15.9 Å². The molecule has 1 fully saturated rings. The molecule has 1 aliphatic heterocycles. The van der Waals surface area contributed by atoms with Crippen molar-refractivity contribution < 1.29 is 13.2 Å². The van der Waals surface area contributed by atoms with Gasteiger partial charge in [0, 0.05) is 19.0 Å². The van der Waals surface area contributed by atoms with Crippen LogP contribution in [0.4, 0.5) is 5.69 Å². The number of rotatable bonds is 5. The minimum atomic E-state index is -3.59. The van der Waals surface area contributed by atoms with Crippen molar-refractivity contribution in [2.75, 3.05) is 18.4 Å². The Morgan fingerprint density at radius 1 is 1.03 bits per heavy atom. The molecule has 174 valence electrons. The quantitative estimate of drug-likeness (QED) is 0.618. The molecule has 4 rings (SSSR count). The van der Waals surface area contributed by atoms with Crippen LogP contribution in [0.25, 0.3) is 5.69 Å². The average Bonchev–Trinajstić information content (AvgIpc) is 3.34.